The van der Waals surface area contributed by atoms with E-state index in [9.17, 15) is 20.0 Å². The van der Waals surface area contributed by atoms with E-state index in [-0.39, 0.29) is 23.6 Å². The van der Waals surface area contributed by atoms with E-state index in [0.29, 0.717) is 17.1 Å². The van der Waals surface area contributed by atoms with Crippen molar-refractivity contribution < 1.29 is 24.3 Å². The molecule has 0 spiro atoms. The maximum Gasteiger partial charge on any atom is 0.336 e. The lowest BCUT2D eigenvalue weighted by molar-refractivity contribution is -0.385. The molecule has 0 fully saturated rings. The van der Waals surface area contributed by atoms with Crippen LogP contribution >= 0.6 is 0 Å². The van der Waals surface area contributed by atoms with Crippen molar-refractivity contribution in [2.45, 2.75) is 0 Å². The molecule has 0 bridgehead atoms. The summed E-state index contributed by atoms with van der Waals surface area (Å²) in [4.78, 5) is 22.1. The summed E-state index contributed by atoms with van der Waals surface area (Å²) in [5, 5.41) is 20.5. The number of fused-ring (bicyclic) bond motifs is 1. The van der Waals surface area contributed by atoms with Crippen LogP contribution in [-0.2, 0) is 4.79 Å². The number of nitrogens with zero attached hydrogens (tertiary/aromatic N) is 1. The monoisotopic (exact) mass is 313 g/mol. The van der Waals surface area contributed by atoms with Crippen molar-refractivity contribution in [3.05, 3.63) is 63.7 Å². The Hall–Kier alpha value is -3.35. The minimum absolute atomic E-state index is 0.0717. The van der Waals surface area contributed by atoms with E-state index < -0.39 is 10.9 Å². The van der Waals surface area contributed by atoms with Gasteiger partial charge in [0.25, 0.3) is 5.69 Å². The van der Waals surface area contributed by atoms with Gasteiger partial charge in [-0.1, -0.05) is 18.2 Å². The summed E-state index contributed by atoms with van der Waals surface area (Å²) < 4.78 is 10.4. The Labute approximate surface area is 130 Å². The molecule has 0 saturated heterocycles. The zero-order valence-electron chi connectivity index (χ0n) is 11.8. The number of rotatable bonds is 4. The average molecular weight is 313 g/mol. The fourth-order valence-electron chi connectivity index (χ4n) is 2.26. The van der Waals surface area contributed by atoms with Crippen LogP contribution < -0.4 is 9.47 Å². The number of carboxylic acids is 1. The highest BCUT2D eigenvalue weighted by molar-refractivity contribution is 6.21. The number of ether oxygens (including phenoxy) is 2. The van der Waals surface area contributed by atoms with Gasteiger partial charge in [0.05, 0.1) is 16.1 Å². The molecule has 2 aromatic carbocycles. The Bertz CT molecular complexity index is 827. The number of para-hydroxylation sites is 1. The molecule has 1 N–H and O–H groups in total. The van der Waals surface area contributed by atoms with Gasteiger partial charge in [-0.15, -0.1) is 0 Å². The summed E-state index contributed by atoms with van der Waals surface area (Å²) in [6, 6.07) is 10.7. The normalized spacial score (nSPS) is 13.0. The van der Waals surface area contributed by atoms with Crippen LogP contribution in [0.1, 0.15) is 11.1 Å². The molecular formula is C16H11NO6. The standard InChI is InChI=1S/C16H11NO6/c18-16(19)12(7-11-3-1-2-4-13(11)17(20)21)10-5-6-14-15(8-10)23-9-22-14/h1-8H,9H2,(H,18,19)/b12-7-. The molecule has 0 radical (unpaired) electrons. The summed E-state index contributed by atoms with van der Waals surface area (Å²) in [5.74, 6) is -0.219. The van der Waals surface area contributed by atoms with Gasteiger partial charge in [-0.25, -0.2) is 4.79 Å². The third kappa shape index (κ3) is 2.84. The van der Waals surface area contributed by atoms with Gasteiger partial charge >= 0.3 is 5.97 Å². The van der Waals surface area contributed by atoms with Crippen molar-refractivity contribution in [2.75, 3.05) is 6.79 Å². The van der Waals surface area contributed by atoms with Crippen molar-refractivity contribution in [3.8, 4) is 11.5 Å². The molecule has 7 nitrogen and oxygen atoms in total. The summed E-state index contributed by atoms with van der Waals surface area (Å²) in [7, 11) is 0. The first-order valence-corrected chi connectivity index (χ1v) is 6.64. The van der Waals surface area contributed by atoms with E-state index in [4.69, 9.17) is 9.47 Å². The topological polar surface area (TPSA) is 98.9 Å². The van der Waals surface area contributed by atoms with E-state index in [1.54, 1.807) is 18.2 Å². The molecule has 1 heterocycles. The van der Waals surface area contributed by atoms with E-state index in [1.165, 1.54) is 30.3 Å². The molecule has 0 atom stereocenters. The molecule has 116 valence electrons. The predicted molar refractivity (Wildman–Crippen MR) is 81.2 cm³/mol. The van der Waals surface area contributed by atoms with E-state index >= 15 is 0 Å². The number of aliphatic carboxylic acids is 1. The van der Waals surface area contributed by atoms with E-state index in [0.717, 1.165) is 0 Å². The Morgan fingerprint density at radius 2 is 1.91 bits per heavy atom. The number of hydrogen-bond donors (Lipinski definition) is 1. The number of benzene rings is 2. The lowest BCUT2D eigenvalue weighted by Crippen LogP contribution is -2.00. The molecule has 3 rings (SSSR count). The van der Waals surface area contributed by atoms with Gasteiger partial charge in [-0.05, 0) is 29.8 Å². The van der Waals surface area contributed by atoms with E-state index in [1.807, 2.05) is 0 Å². The zero-order chi connectivity index (χ0) is 16.4. The average Bonchev–Trinajstić information content (AvgIpc) is 3.00. The lowest BCUT2D eigenvalue weighted by Gasteiger charge is -2.05. The third-order valence-corrected chi connectivity index (χ3v) is 3.35. The van der Waals surface area contributed by atoms with Crippen LogP contribution in [0.15, 0.2) is 42.5 Å². The second kappa shape index (κ2) is 5.80. The predicted octanol–water partition coefficient (Wildman–Crippen LogP) is 2.95. The second-order valence-electron chi connectivity index (χ2n) is 4.75. The molecule has 1 aliphatic heterocycles. The molecule has 7 heteroatoms. The van der Waals surface area contributed by atoms with Crippen LogP contribution in [0.4, 0.5) is 5.69 Å². The first kappa shape index (κ1) is 14.6. The van der Waals surface area contributed by atoms with Gasteiger partial charge < -0.3 is 14.6 Å². The van der Waals surface area contributed by atoms with Crippen molar-refractivity contribution >= 4 is 23.3 Å². The molecule has 1 aliphatic rings. The van der Waals surface area contributed by atoms with Crippen LogP contribution in [0.2, 0.25) is 0 Å². The summed E-state index contributed by atoms with van der Waals surface area (Å²) >= 11 is 0. The largest absolute Gasteiger partial charge is 0.478 e. The highest BCUT2D eigenvalue weighted by atomic mass is 16.7. The Morgan fingerprint density at radius 1 is 1.17 bits per heavy atom. The summed E-state index contributed by atoms with van der Waals surface area (Å²) in [6.45, 7) is 0.0784. The number of hydrogen-bond acceptors (Lipinski definition) is 5. The van der Waals surface area contributed by atoms with Crippen LogP contribution in [0.5, 0.6) is 11.5 Å². The van der Waals surface area contributed by atoms with Gasteiger partial charge in [0.2, 0.25) is 6.79 Å². The maximum atomic E-state index is 11.6. The maximum absolute atomic E-state index is 11.6. The Balaban J connectivity index is 2.10. The molecular weight excluding hydrogens is 302 g/mol. The zero-order valence-corrected chi connectivity index (χ0v) is 11.8. The summed E-state index contributed by atoms with van der Waals surface area (Å²) in [5.41, 5.74) is 0.358. The van der Waals surface area contributed by atoms with E-state index in [2.05, 4.69) is 0 Å². The summed E-state index contributed by atoms with van der Waals surface area (Å²) in [6.07, 6.45) is 1.28. The van der Waals surface area contributed by atoms with Crippen LogP contribution in [0, 0.1) is 10.1 Å². The minimum Gasteiger partial charge on any atom is -0.478 e. The van der Waals surface area contributed by atoms with Crippen molar-refractivity contribution in [3.63, 3.8) is 0 Å². The van der Waals surface area contributed by atoms with Crippen LogP contribution in [0.3, 0.4) is 0 Å². The van der Waals surface area contributed by atoms with Gasteiger partial charge in [0.1, 0.15) is 0 Å². The van der Waals surface area contributed by atoms with Gasteiger partial charge in [0.15, 0.2) is 11.5 Å². The molecule has 23 heavy (non-hydrogen) atoms. The van der Waals surface area contributed by atoms with Crippen molar-refractivity contribution in [1.29, 1.82) is 0 Å². The number of carbonyl (C=O) groups is 1. The quantitative estimate of drug-likeness (QED) is 0.403. The minimum atomic E-state index is -1.19. The van der Waals surface area contributed by atoms with Crippen molar-refractivity contribution in [1.82, 2.24) is 0 Å². The third-order valence-electron chi connectivity index (χ3n) is 3.35. The van der Waals surface area contributed by atoms with Gasteiger partial charge in [0, 0.05) is 6.07 Å². The molecule has 0 amide bonds. The molecule has 0 unspecified atom stereocenters. The first-order valence-electron chi connectivity index (χ1n) is 6.64. The first-order chi connectivity index (χ1) is 11.1. The van der Waals surface area contributed by atoms with Gasteiger partial charge in [-0.2, -0.15) is 0 Å². The Kier molecular flexibility index (Phi) is 3.68. The number of nitro benzene ring substituents is 1. The smallest absolute Gasteiger partial charge is 0.336 e. The molecule has 0 aliphatic carbocycles. The van der Waals surface area contributed by atoms with Crippen LogP contribution in [0.25, 0.3) is 11.6 Å². The fourth-order valence-corrected chi connectivity index (χ4v) is 2.26. The molecule has 2 aromatic rings. The second-order valence-corrected chi connectivity index (χ2v) is 4.75. The van der Waals surface area contributed by atoms with Gasteiger partial charge in [-0.3, -0.25) is 10.1 Å². The lowest BCUT2D eigenvalue weighted by atomic mass is 10.0. The fraction of sp³-hybridized carbons (Fsp3) is 0.0625. The molecule has 0 aromatic heterocycles. The highest BCUT2D eigenvalue weighted by Crippen LogP contribution is 2.35. The number of nitro groups is 1. The van der Waals surface area contributed by atoms with Crippen molar-refractivity contribution in [2.24, 2.45) is 0 Å². The highest BCUT2D eigenvalue weighted by Gasteiger charge is 2.19. The Morgan fingerprint density at radius 3 is 2.65 bits per heavy atom. The number of carboxylic acid groups (broad SMARTS) is 1. The molecule has 0 saturated carbocycles. The SMILES string of the molecule is O=C(O)/C(=C\c1ccccc1[N+](=O)[O-])c1ccc2c(c1)OCO2. The van der Waals surface area contributed by atoms with Crippen LogP contribution in [-0.4, -0.2) is 22.8 Å².